The van der Waals surface area contributed by atoms with Gasteiger partial charge >= 0.3 is 0 Å². The van der Waals surface area contributed by atoms with Gasteiger partial charge in [-0.05, 0) is 30.3 Å². The van der Waals surface area contributed by atoms with Gasteiger partial charge in [-0.3, -0.25) is 9.69 Å². The number of epoxide rings is 1. The number of carbonyl (C=O) groups excluding carboxylic acids is 1. The van der Waals surface area contributed by atoms with Crippen molar-refractivity contribution in [1.29, 1.82) is 0 Å². The number of ether oxygens (including phenoxy) is 1. The van der Waals surface area contributed by atoms with Crippen LogP contribution >= 0.6 is 0 Å². The lowest BCUT2D eigenvalue weighted by Gasteiger charge is -2.33. The summed E-state index contributed by atoms with van der Waals surface area (Å²) in [5.41, 5.74) is 0.857. The highest BCUT2D eigenvalue weighted by Gasteiger charge is 2.40. The van der Waals surface area contributed by atoms with Crippen LogP contribution in [0, 0.1) is 5.82 Å². The second-order valence-corrected chi connectivity index (χ2v) is 5.58. The number of benzene rings is 1. The van der Waals surface area contributed by atoms with E-state index in [2.05, 4.69) is 16.8 Å². The SMILES string of the molecule is C=CC(=O)N1CCN(CC2OC2Nc2ccc(F)cc2)CC1. The third kappa shape index (κ3) is 3.64. The zero-order valence-electron chi connectivity index (χ0n) is 12.4. The lowest BCUT2D eigenvalue weighted by atomic mass is 10.2. The molecule has 0 aromatic heterocycles. The minimum atomic E-state index is -0.245. The smallest absolute Gasteiger partial charge is 0.246 e. The maximum absolute atomic E-state index is 12.8. The zero-order chi connectivity index (χ0) is 15.5. The van der Waals surface area contributed by atoms with E-state index in [0.29, 0.717) is 0 Å². The van der Waals surface area contributed by atoms with Crippen LogP contribution in [0.15, 0.2) is 36.9 Å². The molecule has 2 aliphatic heterocycles. The lowest BCUT2D eigenvalue weighted by molar-refractivity contribution is -0.127. The first-order chi connectivity index (χ1) is 10.7. The fourth-order valence-corrected chi connectivity index (χ4v) is 2.65. The van der Waals surface area contributed by atoms with Crippen molar-refractivity contribution in [3.63, 3.8) is 0 Å². The Morgan fingerprint density at radius 3 is 2.64 bits per heavy atom. The highest BCUT2D eigenvalue weighted by atomic mass is 19.1. The molecule has 2 atom stereocenters. The summed E-state index contributed by atoms with van der Waals surface area (Å²) >= 11 is 0. The molecule has 118 valence electrons. The molecule has 0 bridgehead atoms. The second kappa shape index (κ2) is 6.46. The van der Waals surface area contributed by atoms with Crippen LogP contribution in [0.5, 0.6) is 0 Å². The van der Waals surface area contributed by atoms with Crippen molar-refractivity contribution in [2.24, 2.45) is 0 Å². The minimum absolute atomic E-state index is 0.00169. The van der Waals surface area contributed by atoms with E-state index in [9.17, 15) is 9.18 Å². The molecule has 0 spiro atoms. The molecule has 6 heteroatoms. The lowest BCUT2D eigenvalue weighted by Crippen LogP contribution is -2.49. The Morgan fingerprint density at radius 2 is 2.00 bits per heavy atom. The fraction of sp³-hybridized carbons (Fsp3) is 0.438. The summed E-state index contributed by atoms with van der Waals surface area (Å²) in [5, 5.41) is 3.23. The van der Waals surface area contributed by atoms with Gasteiger partial charge in [0.15, 0.2) is 6.23 Å². The van der Waals surface area contributed by atoms with E-state index in [1.807, 2.05) is 4.90 Å². The Kier molecular flexibility index (Phi) is 4.40. The summed E-state index contributed by atoms with van der Waals surface area (Å²) in [5.74, 6) is -0.246. The summed E-state index contributed by atoms with van der Waals surface area (Å²) in [6, 6.07) is 6.26. The molecule has 2 unspecified atom stereocenters. The van der Waals surface area contributed by atoms with Gasteiger partial charge in [0.1, 0.15) is 11.9 Å². The molecule has 22 heavy (non-hydrogen) atoms. The van der Waals surface area contributed by atoms with Crippen molar-refractivity contribution < 1.29 is 13.9 Å². The summed E-state index contributed by atoms with van der Waals surface area (Å²) in [6.45, 7) is 7.51. The molecule has 0 aliphatic carbocycles. The van der Waals surface area contributed by atoms with E-state index in [0.717, 1.165) is 38.4 Å². The average Bonchev–Trinajstić information content (AvgIpc) is 3.27. The maximum Gasteiger partial charge on any atom is 0.246 e. The summed E-state index contributed by atoms with van der Waals surface area (Å²) < 4.78 is 18.4. The van der Waals surface area contributed by atoms with Crippen LogP contribution in [0.1, 0.15) is 0 Å². The van der Waals surface area contributed by atoms with Crippen molar-refractivity contribution in [3.05, 3.63) is 42.7 Å². The normalized spacial score (nSPS) is 24.9. The van der Waals surface area contributed by atoms with E-state index in [1.54, 1.807) is 12.1 Å². The van der Waals surface area contributed by atoms with E-state index in [4.69, 9.17) is 4.74 Å². The van der Waals surface area contributed by atoms with E-state index in [1.165, 1.54) is 18.2 Å². The van der Waals surface area contributed by atoms with Gasteiger partial charge in [0.05, 0.1) is 0 Å². The number of piperazine rings is 1. The van der Waals surface area contributed by atoms with Gasteiger partial charge in [-0.25, -0.2) is 4.39 Å². The van der Waals surface area contributed by atoms with E-state index >= 15 is 0 Å². The van der Waals surface area contributed by atoms with Crippen LogP contribution in [-0.4, -0.2) is 60.8 Å². The monoisotopic (exact) mass is 305 g/mol. The standard InChI is InChI=1S/C16H20FN3O2/c1-2-15(21)20-9-7-19(8-10-20)11-14-16(22-14)18-13-5-3-12(17)4-6-13/h2-6,14,16,18H,1,7-11H2. The van der Waals surface area contributed by atoms with Crippen LogP contribution in [-0.2, 0) is 9.53 Å². The van der Waals surface area contributed by atoms with Crippen molar-refractivity contribution >= 4 is 11.6 Å². The quantitative estimate of drug-likeness (QED) is 0.658. The molecular weight excluding hydrogens is 285 g/mol. The summed E-state index contributed by atoms with van der Waals surface area (Å²) in [7, 11) is 0. The molecule has 1 amide bonds. The molecular formula is C16H20FN3O2. The van der Waals surface area contributed by atoms with Gasteiger partial charge < -0.3 is 15.0 Å². The molecule has 2 fully saturated rings. The van der Waals surface area contributed by atoms with Crippen LogP contribution in [0.25, 0.3) is 0 Å². The zero-order valence-corrected chi connectivity index (χ0v) is 12.4. The highest BCUT2D eigenvalue weighted by Crippen LogP contribution is 2.25. The number of carbonyl (C=O) groups is 1. The highest BCUT2D eigenvalue weighted by molar-refractivity contribution is 5.87. The summed E-state index contributed by atoms with van der Waals surface area (Å²) in [6.07, 6.45) is 1.49. The van der Waals surface area contributed by atoms with Crippen LogP contribution in [0.4, 0.5) is 10.1 Å². The van der Waals surface area contributed by atoms with Crippen molar-refractivity contribution in [1.82, 2.24) is 9.80 Å². The second-order valence-electron chi connectivity index (χ2n) is 5.58. The molecule has 1 N–H and O–H groups in total. The van der Waals surface area contributed by atoms with Crippen molar-refractivity contribution in [2.45, 2.75) is 12.3 Å². The third-order valence-corrected chi connectivity index (χ3v) is 4.03. The van der Waals surface area contributed by atoms with E-state index < -0.39 is 0 Å². The predicted molar refractivity (Wildman–Crippen MR) is 81.9 cm³/mol. The third-order valence-electron chi connectivity index (χ3n) is 4.03. The molecule has 2 saturated heterocycles. The van der Waals surface area contributed by atoms with Crippen LogP contribution in [0.2, 0.25) is 0 Å². The molecule has 1 aromatic carbocycles. The molecule has 0 saturated carbocycles. The Labute approximate surface area is 129 Å². The molecule has 2 heterocycles. The first-order valence-electron chi connectivity index (χ1n) is 7.47. The first kappa shape index (κ1) is 15.0. The fourth-order valence-electron chi connectivity index (χ4n) is 2.65. The number of rotatable bonds is 5. The number of amides is 1. The van der Waals surface area contributed by atoms with Gasteiger partial charge in [0.25, 0.3) is 0 Å². The largest absolute Gasteiger partial charge is 0.358 e. The Morgan fingerprint density at radius 1 is 1.32 bits per heavy atom. The van der Waals surface area contributed by atoms with Gasteiger partial charge in [0, 0.05) is 38.4 Å². The number of nitrogens with zero attached hydrogens (tertiary/aromatic N) is 2. The number of nitrogens with one attached hydrogen (secondary N) is 1. The Bertz CT molecular complexity index is 541. The van der Waals surface area contributed by atoms with Crippen molar-refractivity contribution in [3.8, 4) is 0 Å². The molecule has 3 rings (SSSR count). The number of anilines is 1. The van der Waals surface area contributed by atoms with Gasteiger partial charge in [0.2, 0.25) is 5.91 Å². The van der Waals surface area contributed by atoms with Crippen LogP contribution in [0.3, 0.4) is 0 Å². The number of hydrogen-bond acceptors (Lipinski definition) is 4. The minimum Gasteiger partial charge on any atom is -0.358 e. The summed E-state index contributed by atoms with van der Waals surface area (Å²) in [4.78, 5) is 15.6. The molecule has 1 aromatic rings. The molecule has 2 aliphatic rings. The van der Waals surface area contributed by atoms with E-state index in [-0.39, 0.29) is 24.1 Å². The maximum atomic E-state index is 12.8. The predicted octanol–water partition coefficient (Wildman–Crippen LogP) is 1.29. The molecule has 0 radical (unpaired) electrons. The topological polar surface area (TPSA) is 48.1 Å². The Balaban J connectivity index is 1.40. The Hall–Kier alpha value is -1.92. The van der Waals surface area contributed by atoms with Gasteiger partial charge in [-0.1, -0.05) is 6.58 Å². The van der Waals surface area contributed by atoms with Crippen LogP contribution < -0.4 is 5.32 Å². The van der Waals surface area contributed by atoms with Gasteiger partial charge in [-0.15, -0.1) is 0 Å². The average molecular weight is 305 g/mol. The van der Waals surface area contributed by atoms with Crippen molar-refractivity contribution in [2.75, 3.05) is 38.0 Å². The first-order valence-corrected chi connectivity index (χ1v) is 7.47. The van der Waals surface area contributed by atoms with Gasteiger partial charge in [-0.2, -0.15) is 0 Å². The molecule has 5 nitrogen and oxygen atoms in total. The number of halogens is 1. The number of hydrogen-bond donors (Lipinski definition) is 1.